The van der Waals surface area contributed by atoms with Crippen LogP contribution in [0.5, 0.6) is 0 Å². The van der Waals surface area contributed by atoms with Gasteiger partial charge in [-0.2, -0.15) is 0 Å². The molecule has 0 fully saturated rings. The second kappa shape index (κ2) is 8.62. The second-order valence-electron chi connectivity index (χ2n) is 11.0. The van der Waals surface area contributed by atoms with Crippen LogP contribution in [-0.2, 0) is 34.3 Å². The van der Waals surface area contributed by atoms with Crippen molar-refractivity contribution in [1.82, 2.24) is 14.5 Å². The molecule has 2 aliphatic rings. The molecule has 0 bridgehead atoms. The van der Waals surface area contributed by atoms with Gasteiger partial charge in [0.25, 0.3) is 11.8 Å². The molecular weight excluding hydrogens is 480 g/mol. The molecule has 3 amide bonds. The fourth-order valence-corrected chi connectivity index (χ4v) is 5.70. The summed E-state index contributed by atoms with van der Waals surface area (Å²) in [5.41, 5.74) is 3.93. The highest BCUT2D eigenvalue weighted by Crippen LogP contribution is 2.41. The Kier molecular flexibility index (Phi) is 5.45. The van der Waals surface area contributed by atoms with E-state index in [1.807, 2.05) is 87.1 Å². The zero-order valence-electron chi connectivity index (χ0n) is 21.9. The van der Waals surface area contributed by atoms with E-state index in [9.17, 15) is 14.4 Å². The molecule has 8 nitrogen and oxygen atoms in total. The van der Waals surface area contributed by atoms with Crippen LogP contribution in [0.4, 0.5) is 10.5 Å². The third-order valence-corrected chi connectivity index (χ3v) is 7.24. The van der Waals surface area contributed by atoms with E-state index in [1.165, 1.54) is 11.0 Å². The minimum atomic E-state index is -0.600. The SMILES string of the molecule is Cn1cc(C2=CC(=O)N(c3c4n(c5ccccc35)CCC(NC(=O)OC(C)(C)C)C4)C2=O)c2ccccc21. The van der Waals surface area contributed by atoms with Crippen LogP contribution in [0, 0.1) is 0 Å². The summed E-state index contributed by atoms with van der Waals surface area (Å²) in [7, 11) is 1.93. The molecule has 0 saturated heterocycles. The molecule has 0 saturated carbocycles. The van der Waals surface area contributed by atoms with Crippen LogP contribution in [0.15, 0.2) is 60.8 Å². The summed E-state index contributed by atoms with van der Waals surface area (Å²) in [6, 6.07) is 15.5. The van der Waals surface area contributed by atoms with Gasteiger partial charge >= 0.3 is 6.09 Å². The lowest BCUT2D eigenvalue weighted by Gasteiger charge is -2.29. The number of imide groups is 1. The van der Waals surface area contributed by atoms with Gasteiger partial charge in [0.2, 0.25) is 0 Å². The van der Waals surface area contributed by atoms with Crippen LogP contribution in [0.2, 0.25) is 0 Å². The van der Waals surface area contributed by atoms with Crippen molar-refractivity contribution in [3.8, 4) is 0 Å². The second-order valence-corrected chi connectivity index (χ2v) is 11.0. The molecular formula is C30H30N4O4. The largest absolute Gasteiger partial charge is 0.444 e. The molecule has 6 rings (SSSR count). The van der Waals surface area contributed by atoms with Gasteiger partial charge in [-0.3, -0.25) is 9.59 Å². The van der Waals surface area contributed by atoms with Crippen LogP contribution in [0.25, 0.3) is 27.4 Å². The summed E-state index contributed by atoms with van der Waals surface area (Å²) in [5.74, 6) is -0.702. The average Bonchev–Trinajstić information content (AvgIpc) is 3.46. The fourth-order valence-electron chi connectivity index (χ4n) is 5.70. The smallest absolute Gasteiger partial charge is 0.407 e. The third-order valence-electron chi connectivity index (χ3n) is 7.24. The van der Waals surface area contributed by atoms with Crippen molar-refractivity contribution in [2.45, 2.75) is 51.8 Å². The summed E-state index contributed by atoms with van der Waals surface area (Å²) in [5, 5.41) is 4.75. The Balaban J connectivity index is 1.39. The number of hydrogen-bond donors (Lipinski definition) is 1. The van der Waals surface area contributed by atoms with Gasteiger partial charge in [0.1, 0.15) is 5.60 Å². The number of fused-ring (bicyclic) bond motifs is 4. The van der Waals surface area contributed by atoms with Gasteiger partial charge in [-0.15, -0.1) is 0 Å². The van der Waals surface area contributed by atoms with Crippen molar-refractivity contribution in [3.63, 3.8) is 0 Å². The molecule has 38 heavy (non-hydrogen) atoms. The van der Waals surface area contributed by atoms with E-state index in [1.54, 1.807) is 0 Å². The molecule has 1 unspecified atom stereocenters. The lowest BCUT2D eigenvalue weighted by molar-refractivity contribution is -0.119. The number of alkyl carbamates (subject to hydrolysis) is 1. The highest BCUT2D eigenvalue weighted by molar-refractivity contribution is 6.45. The van der Waals surface area contributed by atoms with E-state index in [2.05, 4.69) is 9.88 Å². The molecule has 194 valence electrons. The van der Waals surface area contributed by atoms with Crippen molar-refractivity contribution < 1.29 is 19.1 Å². The van der Waals surface area contributed by atoms with Gasteiger partial charge in [0, 0.05) is 65.9 Å². The van der Waals surface area contributed by atoms with Gasteiger partial charge in [0.05, 0.1) is 16.8 Å². The van der Waals surface area contributed by atoms with Crippen LogP contribution < -0.4 is 10.2 Å². The lowest BCUT2D eigenvalue weighted by Crippen LogP contribution is -2.43. The first-order chi connectivity index (χ1) is 18.1. The topological polar surface area (TPSA) is 85.6 Å². The number of para-hydroxylation sites is 2. The summed E-state index contributed by atoms with van der Waals surface area (Å²) in [4.78, 5) is 41.2. The van der Waals surface area contributed by atoms with Crippen molar-refractivity contribution in [1.29, 1.82) is 0 Å². The van der Waals surface area contributed by atoms with Crippen LogP contribution >= 0.6 is 0 Å². The highest BCUT2D eigenvalue weighted by Gasteiger charge is 2.39. The number of amides is 3. The van der Waals surface area contributed by atoms with Gasteiger partial charge in [-0.1, -0.05) is 36.4 Å². The first-order valence-electron chi connectivity index (χ1n) is 12.9. The highest BCUT2D eigenvalue weighted by atomic mass is 16.6. The number of aromatic nitrogens is 2. The van der Waals surface area contributed by atoms with Crippen molar-refractivity contribution in [2.75, 3.05) is 4.90 Å². The fraction of sp³-hybridized carbons (Fsp3) is 0.300. The maximum absolute atomic E-state index is 13.9. The molecule has 2 aromatic carbocycles. The van der Waals surface area contributed by atoms with E-state index in [-0.39, 0.29) is 17.9 Å². The monoisotopic (exact) mass is 510 g/mol. The number of aryl methyl sites for hydroxylation is 2. The molecule has 4 aromatic rings. The van der Waals surface area contributed by atoms with Crippen LogP contribution in [0.1, 0.15) is 38.4 Å². The number of carbonyl (C=O) groups excluding carboxylic acids is 3. The molecule has 2 aromatic heterocycles. The predicted molar refractivity (Wildman–Crippen MR) is 147 cm³/mol. The summed E-state index contributed by atoms with van der Waals surface area (Å²) in [6.07, 6.45) is 4.07. The Morgan fingerprint density at radius 2 is 1.68 bits per heavy atom. The zero-order valence-corrected chi connectivity index (χ0v) is 21.9. The maximum atomic E-state index is 13.9. The van der Waals surface area contributed by atoms with E-state index in [0.29, 0.717) is 30.6 Å². The first kappa shape index (κ1) is 24.0. The number of nitrogens with zero attached hydrogens (tertiary/aromatic N) is 3. The quantitative estimate of drug-likeness (QED) is 0.396. The molecule has 8 heteroatoms. The zero-order chi connectivity index (χ0) is 26.8. The standard InChI is InChI=1S/C30H30N4O4/c1-30(2,3)38-29(37)31-18-13-14-33-24-12-8-6-10-20(24)27(25(33)15-18)34-26(35)16-21(28(34)36)22-17-32(4)23-11-7-5-9-19(22)23/h5-12,16-18H,13-15H2,1-4H3,(H,31,37). The summed E-state index contributed by atoms with van der Waals surface area (Å²) in [6.45, 7) is 6.13. The molecule has 0 spiro atoms. The van der Waals surface area contributed by atoms with Gasteiger partial charge < -0.3 is 19.2 Å². The predicted octanol–water partition coefficient (Wildman–Crippen LogP) is 4.93. The molecule has 4 heterocycles. The Morgan fingerprint density at radius 1 is 1.00 bits per heavy atom. The number of anilines is 1. The molecule has 2 aliphatic heterocycles. The van der Waals surface area contributed by atoms with Gasteiger partial charge in [-0.05, 0) is 39.3 Å². The lowest BCUT2D eigenvalue weighted by atomic mass is 10.0. The number of benzene rings is 2. The number of ether oxygens (including phenoxy) is 1. The molecule has 1 N–H and O–H groups in total. The summed E-state index contributed by atoms with van der Waals surface area (Å²) < 4.78 is 9.59. The minimum Gasteiger partial charge on any atom is -0.444 e. The van der Waals surface area contributed by atoms with Crippen LogP contribution in [0.3, 0.4) is 0 Å². The van der Waals surface area contributed by atoms with Crippen molar-refractivity contribution >= 4 is 51.0 Å². The number of nitrogens with one attached hydrogen (secondary N) is 1. The van der Waals surface area contributed by atoms with Crippen LogP contribution in [-0.4, -0.2) is 38.7 Å². The Bertz CT molecular complexity index is 1670. The Labute approximate surface area is 220 Å². The number of carbonyl (C=O) groups is 3. The molecule has 1 atom stereocenters. The third kappa shape index (κ3) is 3.88. The minimum absolute atomic E-state index is 0.182. The van der Waals surface area contributed by atoms with E-state index < -0.39 is 11.7 Å². The van der Waals surface area contributed by atoms with E-state index >= 15 is 0 Å². The van der Waals surface area contributed by atoms with E-state index in [4.69, 9.17) is 4.74 Å². The Morgan fingerprint density at radius 3 is 2.42 bits per heavy atom. The van der Waals surface area contributed by atoms with Gasteiger partial charge in [0.15, 0.2) is 0 Å². The molecule has 0 aliphatic carbocycles. The average molecular weight is 511 g/mol. The summed E-state index contributed by atoms with van der Waals surface area (Å²) >= 11 is 0. The van der Waals surface area contributed by atoms with E-state index in [0.717, 1.165) is 33.1 Å². The van der Waals surface area contributed by atoms with Crippen molar-refractivity contribution in [3.05, 3.63) is 72.1 Å². The van der Waals surface area contributed by atoms with Gasteiger partial charge in [-0.25, -0.2) is 9.69 Å². The van der Waals surface area contributed by atoms with Crippen molar-refractivity contribution in [2.24, 2.45) is 7.05 Å². The number of hydrogen-bond acceptors (Lipinski definition) is 4. The Hall–Kier alpha value is -4.33. The number of rotatable bonds is 3. The maximum Gasteiger partial charge on any atom is 0.407 e. The normalized spacial score (nSPS) is 17.7. The first-order valence-corrected chi connectivity index (χ1v) is 12.9. The molecule has 0 radical (unpaired) electrons.